The standard InChI is InChI=1S/C18H24N2S/c1-13(2)12-20-10-4-5-14-11-15(6-7-16(14)20)17-8-9-18(19-3)21-17/h6-9,11,13,19H,4-5,10,12H2,1-3H3. The highest BCUT2D eigenvalue weighted by molar-refractivity contribution is 7.19. The lowest BCUT2D eigenvalue weighted by Gasteiger charge is -2.33. The molecule has 21 heavy (non-hydrogen) atoms. The summed E-state index contributed by atoms with van der Waals surface area (Å²) in [6, 6.07) is 11.4. The molecule has 1 aromatic carbocycles. The first-order chi connectivity index (χ1) is 10.2. The maximum Gasteiger partial charge on any atom is 0.0886 e. The lowest BCUT2D eigenvalue weighted by atomic mass is 9.98. The van der Waals surface area contributed by atoms with Crippen LogP contribution in [0.5, 0.6) is 0 Å². The summed E-state index contributed by atoms with van der Waals surface area (Å²) in [7, 11) is 1.98. The first-order valence-corrected chi connectivity index (χ1v) is 8.65. The number of nitrogens with one attached hydrogen (secondary N) is 1. The molecule has 2 aromatic rings. The van der Waals surface area contributed by atoms with Crippen molar-refractivity contribution in [2.24, 2.45) is 5.92 Å². The average molecular weight is 300 g/mol. The molecule has 0 saturated heterocycles. The minimum Gasteiger partial charge on any atom is -0.380 e. The van der Waals surface area contributed by atoms with E-state index in [9.17, 15) is 0 Å². The van der Waals surface area contributed by atoms with E-state index < -0.39 is 0 Å². The number of rotatable bonds is 4. The van der Waals surface area contributed by atoms with Gasteiger partial charge in [0.25, 0.3) is 0 Å². The van der Waals surface area contributed by atoms with Crippen molar-refractivity contribution in [1.82, 2.24) is 0 Å². The zero-order valence-corrected chi connectivity index (χ0v) is 14.0. The van der Waals surface area contributed by atoms with Gasteiger partial charge >= 0.3 is 0 Å². The Labute approximate surface area is 131 Å². The first-order valence-electron chi connectivity index (χ1n) is 7.83. The molecular weight excluding hydrogens is 276 g/mol. The molecule has 0 bridgehead atoms. The maximum atomic E-state index is 3.22. The van der Waals surface area contributed by atoms with Gasteiger partial charge in [0.05, 0.1) is 5.00 Å². The van der Waals surface area contributed by atoms with Gasteiger partial charge in [-0.2, -0.15) is 0 Å². The fourth-order valence-electron chi connectivity index (χ4n) is 3.09. The van der Waals surface area contributed by atoms with E-state index in [0.717, 1.165) is 6.54 Å². The highest BCUT2D eigenvalue weighted by Gasteiger charge is 2.18. The van der Waals surface area contributed by atoms with Crippen molar-refractivity contribution in [3.05, 3.63) is 35.9 Å². The molecule has 0 radical (unpaired) electrons. The molecule has 0 unspecified atom stereocenters. The monoisotopic (exact) mass is 300 g/mol. The predicted molar refractivity (Wildman–Crippen MR) is 94.7 cm³/mol. The van der Waals surface area contributed by atoms with Crippen molar-refractivity contribution < 1.29 is 0 Å². The second kappa shape index (κ2) is 6.10. The van der Waals surface area contributed by atoms with E-state index in [1.807, 2.05) is 18.4 Å². The second-order valence-corrected chi connectivity index (χ2v) is 7.28. The number of benzene rings is 1. The van der Waals surface area contributed by atoms with Gasteiger partial charge in [0.15, 0.2) is 0 Å². The Kier molecular flexibility index (Phi) is 4.20. The van der Waals surface area contributed by atoms with Crippen molar-refractivity contribution in [1.29, 1.82) is 0 Å². The number of hydrogen-bond donors (Lipinski definition) is 1. The number of fused-ring (bicyclic) bond motifs is 1. The van der Waals surface area contributed by atoms with Gasteiger partial charge in [-0.3, -0.25) is 0 Å². The Balaban J connectivity index is 1.90. The molecule has 3 rings (SSSR count). The third-order valence-corrected chi connectivity index (χ3v) is 5.17. The summed E-state index contributed by atoms with van der Waals surface area (Å²) in [5, 5.41) is 4.44. The lowest BCUT2D eigenvalue weighted by molar-refractivity contribution is 0.585. The Morgan fingerprint density at radius 2 is 2.10 bits per heavy atom. The SMILES string of the molecule is CNc1ccc(-c2ccc3c(c2)CCCN3CC(C)C)s1. The minimum absolute atomic E-state index is 0.714. The smallest absolute Gasteiger partial charge is 0.0886 e. The summed E-state index contributed by atoms with van der Waals surface area (Å²) < 4.78 is 0. The first kappa shape index (κ1) is 14.5. The van der Waals surface area contributed by atoms with Crippen LogP contribution >= 0.6 is 11.3 Å². The zero-order chi connectivity index (χ0) is 14.8. The maximum absolute atomic E-state index is 3.22. The van der Waals surface area contributed by atoms with Crippen LogP contribution in [0.3, 0.4) is 0 Å². The number of thiophene rings is 1. The molecule has 1 N–H and O–H groups in total. The molecule has 0 aliphatic carbocycles. The highest BCUT2D eigenvalue weighted by Crippen LogP contribution is 2.36. The molecule has 0 saturated carbocycles. The van der Waals surface area contributed by atoms with Crippen molar-refractivity contribution in [2.75, 3.05) is 30.4 Å². The molecule has 0 fully saturated rings. The summed E-state index contributed by atoms with van der Waals surface area (Å²) in [6.45, 7) is 6.96. The van der Waals surface area contributed by atoms with Crippen LogP contribution < -0.4 is 10.2 Å². The third-order valence-electron chi connectivity index (χ3n) is 4.02. The van der Waals surface area contributed by atoms with Gasteiger partial charge in [0.1, 0.15) is 0 Å². The van der Waals surface area contributed by atoms with E-state index in [2.05, 4.69) is 54.4 Å². The van der Waals surface area contributed by atoms with Gasteiger partial charge in [0, 0.05) is 30.7 Å². The Morgan fingerprint density at radius 3 is 2.81 bits per heavy atom. The molecule has 2 nitrogen and oxygen atoms in total. The summed E-state index contributed by atoms with van der Waals surface area (Å²) in [4.78, 5) is 3.91. The van der Waals surface area contributed by atoms with Crippen LogP contribution in [0, 0.1) is 5.92 Å². The second-order valence-electron chi connectivity index (χ2n) is 6.20. The highest BCUT2D eigenvalue weighted by atomic mass is 32.1. The molecule has 112 valence electrons. The average Bonchev–Trinajstić information content (AvgIpc) is 2.95. The zero-order valence-electron chi connectivity index (χ0n) is 13.1. The van der Waals surface area contributed by atoms with Crippen LogP contribution in [0.2, 0.25) is 0 Å². The Morgan fingerprint density at radius 1 is 1.24 bits per heavy atom. The fraction of sp³-hybridized carbons (Fsp3) is 0.444. The van der Waals surface area contributed by atoms with Crippen molar-refractivity contribution >= 4 is 22.0 Å². The van der Waals surface area contributed by atoms with Crippen molar-refractivity contribution in [2.45, 2.75) is 26.7 Å². The topological polar surface area (TPSA) is 15.3 Å². The molecule has 0 amide bonds. The van der Waals surface area contributed by atoms with E-state index in [1.54, 1.807) is 0 Å². The Hall–Kier alpha value is -1.48. The van der Waals surface area contributed by atoms with Gasteiger partial charge in [-0.05, 0) is 54.2 Å². The fourth-order valence-corrected chi connectivity index (χ4v) is 3.94. The molecule has 3 heteroatoms. The molecule has 1 aliphatic heterocycles. The van der Waals surface area contributed by atoms with Gasteiger partial charge in [-0.15, -0.1) is 11.3 Å². The molecule has 0 spiro atoms. The predicted octanol–water partition coefficient (Wildman–Crippen LogP) is 4.87. The van der Waals surface area contributed by atoms with E-state index in [-0.39, 0.29) is 0 Å². The molecule has 1 aliphatic rings. The van der Waals surface area contributed by atoms with Crippen molar-refractivity contribution in [3.63, 3.8) is 0 Å². The van der Waals surface area contributed by atoms with Gasteiger partial charge in [0.2, 0.25) is 0 Å². The van der Waals surface area contributed by atoms with Crippen LogP contribution in [0.4, 0.5) is 10.7 Å². The van der Waals surface area contributed by atoms with E-state index in [0.29, 0.717) is 5.92 Å². The van der Waals surface area contributed by atoms with Crippen LogP contribution in [0.25, 0.3) is 10.4 Å². The quantitative estimate of drug-likeness (QED) is 0.867. The van der Waals surface area contributed by atoms with Crippen LogP contribution in [-0.4, -0.2) is 20.1 Å². The van der Waals surface area contributed by atoms with Crippen LogP contribution in [0.1, 0.15) is 25.8 Å². The van der Waals surface area contributed by atoms with Crippen LogP contribution in [-0.2, 0) is 6.42 Å². The summed E-state index contributed by atoms with van der Waals surface area (Å²) >= 11 is 1.82. The number of anilines is 2. The molecule has 0 atom stereocenters. The summed E-state index contributed by atoms with van der Waals surface area (Å²) in [6.07, 6.45) is 2.48. The third kappa shape index (κ3) is 3.08. The summed E-state index contributed by atoms with van der Waals surface area (Å²) in [5.74, 6) is 0.714. The molecule has 1 aromatic heterocycles. The molecular formula is C18H24N2S. The summed E-state index contributed by atoms with van der Waals surface area (Å²) in [5.41, 5.74) is 4.31. The molecule has 2 heterocycles. The number of aryl methyl sites for hydroxylation is 1. The number of hydrogen-bond acceptors (Lipinski definition) is 3. The lowest BCUT2D eigenvalue weighted by Crippen LogP contribution is -2.32. The number of nitrogens with zero attached hydrogens (tertiary/aromatic N) is 1. The van der Waals surface area contributed by atoms with Crippen molar-refractivity contribution in [3.8, 4) is 10.4 Å². The van der Waals surface area contributed by atoms with E-state index in [1.165, 1.54) is 46.1 Å². The largest absolute Gasteiger partial charge is 0.380 e. The van der Waals surface area contributed by atoms with Crippen LogP contribution in [0.15, 0.2) is 30.3 Å². The van der Waals surface area contributed by atoms with E-state index in [4.69, 9.17) is 0 Å². The van der Waals surface area contributed by atoms with Gasteiger partial charge in [-0.1, -0.05) is 19.9 Å². The minimum atomic E-state index is 0.714. The van der Waals surface area contributed by atoms with E-state index >= 15 is 0 Å². The Bertz CT molecular complexity index is 615. The van der Waals surface area contributed by atoms with Gasteiger partial charge < -0.3 is 10.2 Å². The normalized spacial score (nSPS) is 14.4. The van der Waals surface area contributed by atoms with Gasteiger partial charge in [-0.25, -0.2) is 0 Å².